The van der Waals surface area contributed by atoms with E-state index in [2.05, 4.69) is 6.92 Å². The minimum Gasteiger partial charge on any atom is -0.366 e. The highest BCUT2D eigenvalue weighted by Gasteiger charge is 2.14. The third kappa shape index (κ3) is 3.69. The molecule has 0 saturated heterocycles. The Bertz CT molecular complexity index is 637. The molecule has 0 aliphatic carbocycles. The number of carbonyl (C=O) groups excluding carboxylic acids is 1. The summed E-state index contributed by atoms with van der Waals surface area (Å²) < 4.78 is 13.9. The number of benzene rings is 2. The van der Waals surface area contributed by atoms with Crippen LogP contribution in [-0.2, 0) is 12.8 Å². The Labute approximate surface area is 124 Å². The third-order valence-corrected chi connectivity index (χ3v) is 3.66. The maximum atomic E-state index is 13.9. The van der Waals surface area contributed by atoms with Crippen molar-refractivity contribution in [3.05, 3.63) is 70.5 Å². The highest BCUT2D eigenvalue weighted by atomic mass is 19.1. The monoisotopic (exact) mass is 285 g/mol. The second-order valence-corrected chi connectivity index (χ2v) is 5.18. The smallest absolute Gasteiger partial charge is 0.248 e. The third-order valence-electron chi connectivity index (χ3n) is 3.66. The number of carbonyl (C=O) groups is 1. The lowest BCUT2D eigenvalue weighted by molar-refractivity contribution is 0.0999. The van der Waals surface area contributed by atoms with Crippen LogP contribution in [0.5, 0.6) is 0 Å². The Morgan fingerprint density at radius 2 is 1.81 bits per heavy atom. The van der Waals surface area contributed by atoms with Gasteiger partial charge in [-0.15, -0.1) is 0 Å². The van der Waals surface area contributed by atoms with Crippen LogP contribution in [0.25, 0.3) is 0 Å². The molecule has 2 N–H and O–H groups in total. The molecule has 0 spiro atoms. The molecular formula is C18H20FNO. The van der Waals surface area contributed by atoms with Crippen molar-refractivity contribution in [1.82, 2.24) is 0 Å². The molecule has 0 atom stereocenters. The molecule has 0 aromatic heterocycles. The van der Waals surface area contributed by atoms with E-state index in [0.29, 0.717) is 17.5 Å². The van der Waals surface area contributed by atoms with Gasteiger partial charge in [0, 0.05) is 12.0 Å². The van der Waals surface area contributed by atoms with Crippen molar-refractivity contribution in [3.63, 3.8) is 0 Å². The van der Waals surface area contributed by atoms with Gasteiger partial charge in [-0.05, 0) is 41.7 Å². The molecule has 0 heterocycles. The summed E-state index contributed by atoms with van der Waals surface area (Å²) in [6.45, 7) is 2.12. The molecule has 0 aliphatic rings. The number of rotatable bonds is 6. The molecule has 2 aromatic carbocycles. The fourth-order valence-electron chi connectivity index (χ4n) is 2.51. The van der Waals surface area contributed by atoms with Crippen LogP contribution in [0, 0.1) is 5.82 Å². The number of hydrogen-bond donors (Lipinski definition) is 1. The summed E-state index contributed by atoms with van der Waals surface area (Å²) >= 11 is 0. The zero-order chi connectivity index (χ0) is 15.2. The SMILES string of the molecule is CCCCc1cccc(C(N)=O)c1Cc1ccccc1F. The summed E-state index contributed by atoms with van der Waals surface area (Å²) in [5, 5.41) is 0. The van der Waals surface area contributed by atoms with E-state index in [9.17, 15) is 9.18 Å². The molecule has 0 saturated carbocycles. The molecule has 0 radical (unpaired) electrons. The van der Waals surface area contributed by atoms with Gasteiger partial charge in [-0.1, -0.05) is 43.7 Å². The second-order valence-electron chi connectivity index (χ2n) is 5.18. The number of halogens is 1. The van der Waals surface area contributed by atoms with Crippen LogP contribution in [-0.4, -0.2) is 5.91 Å². The highest BCUT2D eigenvalue weighted by molar-refractivity contribution is 5.94. The molecule has 110 valence electrons. The van der Waals surface area contributed by atoms with E-state index >= 15 is 0 Å². The summed E-state index contributed by atoms with van der Waals surface area (Å²) in [5.74, 6) is -0.710. The lowest BCUT2D eigenvalue weighted by atomic mass is 9.91. The topological polar surface area (TPSA) is 43.1 Å². The van der Waals surface area contributed by atoms with E-state index in [0.717, 1.165) is 30.4 Å². The number of nitrogens with two attached hydrogens (primary N) is 1. The van der Waals surface area contributed by atoms with Crippen molar-refractivity contribution in [2.45, 2.75) is 32.6 Å². The Morgan fingerprint density at radius 1 is 1.10 bits per heavy atom. The fourth-order valence-corrected chi connectivity index (χ4v) is 2.51. The normalized spacial score (nSPS) is 10.6. The van der Waals surface area contributed by atoms with Gasteiger partial charge in [0.2, 0.25) is 5.91 Å². The number of primary amides is 1. The van der Waals surface area contributed by atoms with Crippen LogP contribution in [0.4, 0.5) is 4.39 Å². The minimum absolute atomic E-state index is 0.252. The Kier molecular flexibility index (Phi) is 5.09. The van der Waals surface area contributed by atoms with E-state index in [4.69, 9.17) is 5.73 Å². The van der Waals surface area contributed by atoms with Gasteiger partial charge >= 0.3 is 0 Å². The maximum absolute atomic E-state index is 13.9. The first-order valence-corrected chi connectivity index (χ1v) is 7.27. The zero-order valence-electron chi connectivity index (χ0n) is 12.2. The van der Waals surface area contributed by atoms with Crippen molar-refractivity contribution in [1.29, 1.82) is 0 Å². The quantitative estimate of drug-likeness (QED) is 0.860. The van der Waals surface area contributed by atoms with Gasteiger partial charge in [-0.25, -0.2) is 4.39 Å². The molecule has 0 unspecified atom stereocenters. The van der Waals surface area contributed by atoms with Crippen LogP contribution >= 0.6 is 0 Å². The Balaban J connectivity index is 2.43. The number of unbranched alkanes of at least 4 members (excludes halogenated alkanes) is 1. The average molecular weight is 285 g/mol. The molecule has 2 rings (SSSR count). The van der Waals surface area contributed by atoms with Gasteiger partial charge in [0.05, 0.1) is 0 Å². The Hall–Kier alpha value is -2.16. The van der Waals surface area contributed by atoms with Crippen molar-refractivity contribution in [2.24, 2.45) is 5.73 Å². The molecule has 1 amide bonds. The largest absolute Gasteiger partial charge is 0.366 e. The summed E-state index contributed by atoms with van der Waals surface area (Å²) in [4.78, 5) is 11.7. The average Bonchev–Trinajstić information content (AvgIpc) is 2.48. The summed E-state index contributed by atoms with van der Waals surface area (Å²) in [7, 11) is 0. The molecule has 2 nitrogen and oxygen atoms in total. The molecule has 0 aliphatic heterocycles. The first-order chi connectivity index (χ1) is 10.1. The first-order valence-electron chi connectivity index (χ1n) is 7.27. The van der Waals surface area contributed by atoms with E-state index in [-0.39, 0.29) is 5.82 Å². The standard InChI is InChI=1S/C18H20FNO/c1-2-3-7-13-9-6-10-15(18(20)21)16(13)12-14-8-4-5-11-17(14)19/h4-6,8-11H,2-3,7,12H2,1H3,(H2,20,21). The first kappa shape index (κ1) is 15.2. The number of aryl methyl sites for hydroxylation is 1. The molecular weight excluding hydrogens is 265 g/mol. The number of hydrogen-bond acceptors (Lipinski definition) is 1. The van der Waals surface area contributed by atoms with Crippen LogP contribution in [0.2, 0.25) is 0 Å². The van der Waals surface area contributed by atoms with E-state index in [1.54, 1.807) is 24.3 Å². The Morgan fingerprint density at radius 3 is 2.48 bits per heavy atom. The number of amides is 1. The highest BCUT2D eigenvalue weighted by Crippen LogP contribution is 2.22. The van der Waals surface area contributed by atoms with Crippen LogP contribution in [0.3, 0.4) is 0 Å². The summed E-state index contributed by atoms with van der Waals surface area (Å²) in [6.07, 6.45) is 3.37. The molecule has 2 aromatic rings. The van der Waals surface area contributed by atoms with Crippen LogP contribution < -0.4 is 5.73 Å². The van der Waals surface area contributed by atoms with Gasteiger partial charge < -0.3 is 5.73 Å². The van der Waals surface area contributed by atoms with Crippen molar-refractivity contribution in [3.8, 4) is 0 Å². The van der Waals surface area contributed by atoms with Gasteiger partial charge in [-0.3, -0.25) is 4.79 Å². The molecule has 0 fully saturated rings. The van der Waals surface area contributed by atoms with Crippen LogP contribution in [0.15, 0.2) is 42.5 Å². The van der Waals surface area contributed by atoms with Crippen molar-refractivity contribution >= 4 is 5.91 Å². The molecule has 21 heavy (non-hydrogen) atoms. The van der Waals surface area contributed by atoms with Crippen molar-refractivity contribution in [2.75, 3.05) is 0 Å². The zero-order valence-corrected chi connectivity index (χ0v) is 12.2. The van der Waals surface area contributed by atoms with E-state index in [1.807, 2.05) is 12.1 Å². The fraction of sp³-hybridized carbons (Fsp3) is 0.278. The predicted molar refractivity (Wildman–Crippen MR) is 82.8 cm³/mol. The van der Waals surface area contributed by atoms with E-state index < -0.39 is 5.91 Å². The lowest BCUT2D eigenvalue weighted by Gasteiger charge is -2.13. The summed E-state index contributed by atoms with van der Waals surface area (Å²) in [6, 6.07) is 12.2. The van der Waals surface area contributed by atoms with Gasteiger partial charge in [0.25, 0.3) is 0 Å². The van der Waals surface area contributed by atoms with E-state index in [1.165, 1.54) is 6.07 Å². The maximum Gasteiger partial charge on any atom is 0.248 e. The van der Waals surface area contributed by atoms with Crippen LogP contribution in [0.1, 0.15) is 46.8 Å². The summed E-state index contributed by atoms with van der Waals surface area (Å²) in [5.41, 5.74) is 8.48. The lowest BCUT2D eigenvalue weighted by Crippen LogP contribution is -2.15. The van der Waals surface area contributed by atoms with Crippen molar-refractivity contribution < 1.29 is 9.18 Å². The van der Waals surface area contributed by atoms with Gasteiger partial charge in [0.1, 0.15) is 5.82 Å². The van der Waals surface area contributed by atoms with Gasteiger partial charge in [-0.2, -0.15) is 0 Å². The predicted octanol–water partition coefficient (Wildman–Crippen LogP) is 3.86. The molecule has 3 heteroatoms. The van der Waals surface area contributed by atoms with Gasteiger partial charge in [0.15, 0.2) is 0 Å². The minimum atomic E-state index is -0.459. The molecule has 0 bridgehead atoms. The second kappa shape index (κ2) is 7.02.